The van der Waals surface area contributed by atoms with E-state index in [9.17, 15) is 0 Å². The standard InChI is InChI=1S/C35H42O/c1-5-6-7-8-9-10-11-12-25-36-31-21-19-30(20-22-31)35-28(4)16-23-32-33(35)24-15-27(3)34(32)29-17-13-26(2)14-18-29/h13-24H,5-12,25H2,1-4H3. The Balaban J connectivity index is 1.47. The Bertz CT molecular complexity index is 1250. The zero-order valence-corrected chi connectivity index (χ0v) is 22.7. The molecule has 1 heteroatoms. The minimum absolute atomic E-state index is 0.806. The molecule has 0 unspecified atom stereocenters. The van der Waals surface area contributed by atoms with Crippen LogP contribution < -0.4 is 4.74 Å². The molecule has 0 aromatic heterocycles. The molecule has 0 bridgehead atoms. The van der Waals surface area contributed by atoms with Crippen LogP contribution in [0.25, 0.3) is 33.0 Å². The van der Waals surface area contributed by atoms with Crippen LogP contribution >= 0.6 is 0 Å². The average molecular weight is 479 g/mol. The summed E-state index contributed by atoms with van der Waals surface area (Å²) in [6, 6.07) is 26.7. The van der Waals surface area contributed by atoms with Gasteiger partial charge in [-0.1, -0.05) is 118 Å². The first-order chi connectivity index (χ1) is 17.6. The molecule has 4 aromatic rings. The van der Waals surface area contributed by atoms with E-state index in [0.717, 1.165) is 18.8 Å². The minimum Gasteiger partial charge on any atom is -0.494 e. The van der Waals surface area contributed by atoms with Gasteiger partial charge in [0, 0.05) is 0 Å². The highest BCUT2D eigenvalue weighted by Crippen LogP contribution is 2.39. The molecule has 188 valence electrons. The lowest BCUT2D eigenvalue weighted by Gasteiger charge is -2.16. The largest absolute Gasteiger partial charge is 0.494 e. The maximum Gasteiger partial charge on any atom is 0.119 e. The van der Waals surface area contributed by atoms with E-state index >= 15 is 0 Å². The minimum atomic E-state index is 0.806. The number of hydrogen-bond donors (Lipinski definition) is 0. The predicted molar refractivity (Wildman–Crippen MR) is 157 cm³/mol. The first-order valence-corrected chi connectivity index (χ1v) is 13.9. The van der Waals surface area contributed by atoms with Crippen molar-refractivity contribution in [3.05, 3.63) is 89.5 Å². The SMILES string of the molecule is CCCCCCCCCCOc1ccc(-c2c(C)ccc3c(-c4ccc(C)cc4)c(C)ccc23)cc1. The Labute approximate surface area is 218 Å². The fourth-order valence-corrected chi connectivity index (χ4v) is 5.25. The van der Waals surface area contributed by atoms with E-state index in [1.165, 1.54) is 94.7 Å². The molecule has 0 aliphatic heterocycles. The van der Waals surface area contributed by atoms with Gasteiger partial charge in [0.2, 0.25) is 0 Å². The fraction of sp³-hybridized carbons (Fsp3) is 0.371. The summed E-state index contributed by atoms with van der Waals surface area (Å²) in [5, 5.41) is 2.62. The average Bonchev–Trinajstić information content (AvgIpc) is 2.89. The highest BCUT2D eigenvalue weighted by atomic mass is 16.5. The Hall–Kier alpha value is -3.06. The van der Waals surface area contributed by atoms with Crippen LogP contribution in [0.1, 0.15) is 75.0 Å². The fourth-order valence-electron chi connectivity index (χ4n) is 5.25. The highest BCUT2D eigenvalue weighted by Gasteiger charge is 2.13. The van der Waals surface area contributed by atoms with Gasteiger partial charge in [-0.25, -0.2) is 0 Å². The zero-order chi connectivity index (χ0) is 25.3. The van der Waals surface area contributed by atoms with E-state index in [2.05, 4.69) is 100 Å². The van der Waals surface area contributed by atoms with Crippen LogP contribution in [0.4, 0.5) is 0 Å². The van der Waals surface area contributed by atoms with Gasteiger partial charge >= 0.3 is 0 Å². The smallest absolute Gasteiger partial charge is 0.119 e. The van der Waals surface area contributed by atoms with Crippen LogP contribution in [-0.2, 0) is 0 Å². The number of benzene rings is 4. The molecule has 4 aromatic carbocycles. The first kappa shape index (κ1) is 26.0. The van der Waals surface area contributed by atoms with Gasteiger partial charge in [0.15, 0.2) is 0 Å². The number of aryl methyl sites for hydroxylation is 3. The van der Waals surface area contributed by atoms with Crippen LogP contribution in [0.5, 0.6) is 5.75 Å². The van der Waals surface area contributed by atoms with E-state index in [1.807, 2.05) is 0 Å². The molecule has 0 N–H and O–H groups in total. The van der Waals surface area contributed by atoms with Crippen molar-refractivity contribution in [2.75, 3.05) is 6.61 Å². The van der Waals surface area contributed by atoms with E-state index in [1.54, 1.807) is 0 Å². The molecular weight excluding hydrogens is 436 g/mol. The predicted octanol–water partition coefficient (Wildman–Crippen LogP) is 10.6. The van der Waals surface area contributed by atoms with Crippen LogP contribution in [0.3, 0.4) is 0 Å². The Kier molecular flexibility index (Phi) is 9.23. The lowest BCUT2D eigenvalue weighted by Crippen LogP contribution is -1.97. The van der Waals surface area contributed by atoms with Gasteiger partial charge in [-0.15, -0.1) is 0 Å². The third kappa shape index (κ3) is 6.38. The van der Waals surface area contributed by atoms with Gasteiger partial charge in [-0.2, -0.15) is 0 Å². The third-order valence-corrected chi connectivity index (χ3v) is 7.37. The monoisotopic (exact) mass is 478 g/mol. The molecule has 1 nitrogen and oxygen atoms in total. The zero-order valence-electron chi connectivity index (χ0n) is 22.7. The van der Waals surface area contributed by atoms with Crippen LogP contribution in [0.2, 0.25) is 0 Å². The summed E-state index contributed by atoms with van der Waals surface area (Å²) in [6.45, 7) is 9.65. The molecule has 0 aliphatic carbocycles. The van der Waals surface area contributed by atoms with Gasteiger partial charge in [-0.05, 0) is 83.5 Å². The molecule has 0 fully saturated rings. The van der Waals surface area contributed by atoms with E-state index in [0.29, 0.717) is 0 Å². The van der Waals surface area contributed by atoms with Crippen molar-refractivity contribution in [2.24, 2.45) is 0 Å². The molecule has 0 saturated carbocycles. The molecular formula is C35H42O. The van der Waals surface area contributed by atoms with Gasteiger partial charge in [0.25, 0.3) is 0 Å². The van der Waals surface area contributed by atoms with Crippen LogP contribution in [0, 0.1) is 20.8 Å². The van der Waals surface area contributed by atoms with Crippen molar-refractivity contribution in [1.29, 1.82) is 0 Å². The Morgan fingerprint density at radius 2 is 0.972 bits per heavy atom. The van der Waals surface area contributed by atoms with E-state index in [-0.39, 0.29) is 0 Å². The molecule has 0 saturated heterocycles. The highest BCUT2D eigenvalue weighted by molar-refractivity contribution is 6.06. The Morgan fingerprint density at radius 1 is 0.500 bits per heavy atom. The molecule has 0 atom stereocenters. The maximum absolute atomic E-state index is 6.06. The van der Waals surface area contributed by atoms with Crippen molar-refractivity contribution in [3.8, 4) is 28.0 Å². The summed E-state index contributed by atoms with van der Waals surface area (Å²) < 4.78 is 6.06. The van der Waals surface area contributed by atoms with Gasteiger partial charge in [0.05, 0.1) is 6.61 Å². The van der Waals surface area contributed by atoms with Crippen LogP contribution in [0.15, 0.2) is 72.8 Å². The van der Waals surface area contributed by atoms with Crippen molar-refractivity contribution in [3.63, 3.8) is 0 Å². The van der Waals surface area contributed by atoms with E-state index in [4.69, 9.17) is 4.74 Å². The molecule has 0 spiro atoms. The third-order valence-electron chi connectivity index (χ3n) is 7.37. The number of hydrogen-bond acceptors (Lipinski definition) is 1. The lowest BCUT2D eigenvalue weighted by molar-refractivity contribution is 0.304. The Morgan fingerprint density at radius 3 is 1.50 bits per heavy atom. The molecule has 0 aliphatic rings. The lowest BCUT2D eigenvalue weighted by atomic mass is 9.88. The van der Waals surface area contributed by atoms with Crippen molar-refractivity contribution < 1.29 is 4.74 Å². The normalized spacial score (nSPS) is 11.2. The summed E-state index contributed by atoms with van der Waals surface area (Å²) in [5.74, 6) is 0.968. The number of ether oxygens (including phenoxy) is 1. The van der Waals surface area contributed by atoms with Gasteiger partial charge in [-0.3, -0.25) is 0 Å². The second-order valence-corrected chi connectivity index (χ2v) is 10.3. The molecule has 0 radical (unpaired) electrons. The molecule has 36 heavy (non-hydrogen) atoms. The summed E-state index contributed by atoms with van der Waals surface area (Å²) in [5.41, 5.74) is 9.08. The maximum atomic E-state index is 6.06. The van der Waals surface area contributed by atoms with Crippen LogP contribution in [-0.4, -0.2) is 6.61 Å². The van der Waals surface area contributed by atoms with Crippen molar-refractivity contribution in [1.82, 2.24) is 0 Å². The molecule has 0 amide bonds. The number of rotatable bonds is 12. The number of unbranched alkanes of at least 4 members (excludes halogenated alkanes) is 7. The summed E-state index contributed by atoms with van der Waals surface area (Å²) in [4.78, 5) is 0. The molecule has 0 heterocycles. The summed E-state index contributed by atoms with van der Waals surface area (Å²) >= 11 is 0. The summed E-state index contributed by atoms with van der Waals surface area (Å²) in [6.07, 6.45) is 10.6. The molecule has 4 rings (SSSR count). The number of fused-ring (bicyclic) bond motifs is 1. The quantitative estimate of drug-likeness (QED) is 0.184. The van der Waals surface area contributed by atoms with Gasteiger partial charge < -0.3 is 4.74 Å². The van der Waals surface area contributed by atoms with Crippen molar-refractivity contribution in [2.45, 2.75) is 79.1 Å². The first-order valence-electron chi connectivity index (χ1n) is 13.9. The van der Waals surface area contributed by atoms with E-state index < -0.39 is 0 Å². The topological polar surface area (TPSA) is 9.23 Å². The summed E-state index contributed by atoms with van der Waals surface area (Å²) in [7, 11) is 0. The van der Waals surface area contributed by atoms with Gasteiger partial charge in [0.1, 0.15) is 5.75 Å². The second kappa shape index (κ2) is 12.8. The second-order valence-electron chi connectivity index (χ2n) is 10.3. The van der Waals surface area contributed by atoms with Crippen molar-refractivity contribution >= 4 is 10.8 Å².